The molecule has 1 amide bonds. The van der Waals surface area contributed by atoms with Gasteiger partial charge in [-0.2, -0.15) is 13.2 Å². The van der Waals surface area contributed by atoms with Crippen LogP contribution in [0.4, 0.5) is 13.2 Å². The van der Waals surface area contributed by atoms with Gasteiger partial charge in [0.25, 0.3) is 0 Å². The monoisotopic (exact) mass is 471 g/mol. The molecule has 0 saturated heterocycles. The predicted molar refractivity (Wildman–Crippen MR) is 123 cm³/mol. The zero-order valence-corrected chi connectivity index (χ0v) is 19.2. The van der Waals surface area contributed by atoms with Crippen LogP contribution in [0.25, 0.3) is 0 Å². The highest BCUT2D eigenvalue weighted by atomic mass is 19.4. The summed E-state index contributed by atoms with van der Waals surface area (Å²) in [4.78, 5) is 31.1. The number of rotatable bonds is 6. The molecule has 0 aromatic heterocycles. The summed E-state index contributed by atoms with van der Waals surface area (Å²) in [7, 11) is 0. The first-order valence-corrected chi connectivity index (χ1v) is 11.4. The predicted octanol–water partition coefficient (Wildman–Crippen LogP) is 5.31. The number of carbonyl (C=O) groups is 2. The fourth-order valence-electron chi connectivity index (χ4n) is 5.02. The van der Waals surface area contributed by atoms with Crippen molar-refractivity contribution in [3.05, 3.63) is 70.8 Å². The molecule has 8 heteroatoms. The second-order valence-electron chi connectivity index (χ2n) is 9.75. The molecule has 0 bridgehead atoms. The molecule has 4 rings (SSSR count). The summed E-state index contributed by atoms with van der Waals surface area (Å²) in [6.07, 6.45) is -3.83. The maximum Gasteiger partial charge on any atom is 0.391 e. The summed E-state index contributed by atoms with van der Waals surface area (Å²) >= 11 is 0. The van der Waals surface area contributed by atoms with Crippen LogP contribution in [-0.2, 0) is 11.2 Å². The maximum absolute atomic E-state index is 13.5. The average Bonchev–Trinajstić information content (AvgIpc) is 3.14. The molecule has 2 N–H and O–H groups in total. The van der Waals surface area contributed by atoms with Crippen LogP contribution in [0.3, 0.4) is 0 Å². The third kappa shape index (κ3) is 5.16. The van der Waals surface area contributed by atoms with E-state index in [1.54, 1.807) is 26.0 Å². The molecule has 2 atom stereocenters. The van der Waals surface area contributed by atoms with Gasteiger partial charge >= 0.3 is 6.18 Å². The van der Waals surface area contributed by atoms with E-state index >= 15 is 0 Å². The number of aryl methyl sites for hydroxylation is 1. The van der Waals surface area contributed by atoms with E-state index < -0.39 is 30.1 Å². The van der Waals surface area contributed by atoms with Gasteiger partial charge in [0.2, 0.25) is 5.91 Å². The first-order valence-electron chi connectivity index (χ1n) is 11.4. The van der Waals surface area contributed by atoms with Crippen LogP contribution in [0, 0.1) is 0 Å². The second-order valence-corrected chi connectivity index (χ2v) is 9.75. The fraction of sp³-hybridized carbons (Fsp3) is 0.423. The van der Waals surface area contributed by atoms with Crippen molar-refractivity contribution in [1.29, 1.82) is 0 Å². The summed E-state index contributed by atoms with van der Waals surface area (Å²) < 4.78 is 40.6. The lowest BCUT2D eigenvalue weighted by Gasteiger charge is -2.38. The van der Waals surface area contributed by atoms with Gasteiger partial charge in [-0.1, -0.05) is 42.5 Å². The average molecular weight is 472 g/mol. The largest absolute Gasteiger partial charge is 0.391 e. The standard InChI is InChI=1S/C26H28F3N3O2/c1-25(2)15-23(34)32(24(30)31-25)21(14-26(27,28)29)18-7-5-8-19(12-18)22(33)13-17-11-10-16-6-3-4-9-20(16)17/h3-9,12,17,21H,10-11,13-15H2,1-2H3,(H2,30,31)/t17-,21?/m1/s1. The van der Waals surface area contributed by atoms with E-state index in [1.165, 1.54) is 17.7 Å². The molecule has 0 saturated carbocycles. The number of Topliss-reactive ketones (excluding diaryl/α,β-unsaturated/α-hetero) is 1. The molecule has 0 fully saturated rings. The van der Waals surface area contributed by atoms with Crippen LogP contribution in [0.15, 0.2) is 53.5 Å². The van der Waals surface area contributed by atoms with Crippen molar-refractivity contribution in [2.45, 2.75) is 69.6 Å². The minimum Gasteiger partial charge on any atom is -0.369 e. The molecule has 180 valence electrons. The van der Waals surface area contributed by atoms with Crippen LogP contribution in [0.5, 0.6) is 0 Å². The van der Waals surface area contributed by atoms with Gasteiger partial charge in [0.1, 0.15) is 0 Å². The van der Waals surface area contributed by atoms with Crippen molar-refractivity contribution in [3.8, 4) is 0 Å². The topological polar surface area (TPSA) is 75.8 Å². The summed E-state index contributed by atoms with van der Waals surface area (Å²) in [6, 6.07) is 12.7. The summed E-state index contributed by atoms with van der Waals surface area (Å²) in [5.41, 5.74) is 8.13. The number of aliphatic imine (C=N–C) groups is 1. The number of carbonyl (C=O) groups excluding carboxylic acids is 2. The number of hydrogen-bond acceptors (Lipinski definition) is 4. The Labute approximate surface area is 196 Å². The zero-order valence-electron chi connectivity index (χ0n) is 19.2. The lowest BCUT2D eigenvalue weighted by Crippen LogP contribution is -2.52. The summed E-state index contributed by atoms with van der Waals surface area (Å²) in [5.74, 6) is -0.810. The van der Waals surface area contributed by atoms with E-state index in [0.717, 1.165) is 23.3 Å². The number of fused-ring (bicyclic) bond motifs is 1. The Morgan fingerprint density at radius 3 is 2.65 bits per heavy atom. The van der Waals surface area contributed by atoms with E-state index in [4.69, 9.17) is 5.73 Å². The molecule has 0 radical (unpaired) electrons. The van der Waals surface area contributed by atoms with Crippen LogP contribution >= 0.6 is 0 Å². The number of hydrogen-bond donors (Lipinski definition) is 1. The number of guanidine groups is 1. The molecule has 1 heterocycles. The highest BCUT2D eigenvalue weighted by Gasteiger charge is 2.42. The van der Waals surface area contributed by atoms with Crippen LogP contribution in [0.1, 0.15) is 78.5 Å². The Morgan fingerprint density at radius 1 is 1.21 bits per heavy atom. The van der Waals surface area contributed by atoms with Crippen molar-refractivity contribution >= 4 is 17.6 Å². The lowest BCUT2D eigenvalue weighted by atomic mass is 9.91. The third-order valence-corrected chi connectivity index (χ3v) is 6.54. The maximum atomic E-state index is 13.5. The van der Waals surface area contributed by atoms with Crippen LogP contribution in [0.2, 0.25) is 0 Å². The number of nitrogens with two attached hydrogens (primary N) is 1. The molecule has 1 unspecified atom stereocenters. The minimum absolute atomic E-state index is 0.0538. The van der Waals surface area contributed by atoms with E-state index in [-0.39, 0.29) is 36.1 Å². The molecule has 2 aliphatic rings. The Morgan fingerprint density at radius 2 is 1.94 bits per heavy atom. The highest BCUT2D eigenvalue weighted by Crippen LogP contribution is 2.38. The van der Waals surface area contributed by atoms with Crippen molar-refractivity contribution in [2.75, 3.05) is 0 Å². The van der Waals surface area contributed by atoms with Crippen molar-refractivity contribution in [2.24, 2.45) is 10.7 Å². The normalized spacial score (nSPS) is 20.6. The fourth-order valence-corrected chi connectivity index (χ4v) is 5.02. The minimum atomic E-state index is -4.55. The summed E-state index contributed by atoms with van der Waals surface area (Å²) in [5, 5.41) is 0. The first-order chi connectivity index (χ1) is 15.9. The number of ketones is 1. The van der Waals surface area contributed by atoms with Gasteiger partial charge in [-0.05, 0) is 55.4 Å². The Balaban J connectivity index is 1.63. The van der Waals surface area contributed by atoms with Crippen molar-refractivity contribution in [1.82, 2.24) is 4.90 Å². The molecule has 0 spiro atoms. The molecule has 2 aromatic rings. The zero-order chi connectivity index (χ0) is 24.7. The molecule has 34 heavy (non-hydrogen) atoms. The van der Waals surface area contributed by atoms with E-state index in [2.05, 4.69) is 11.1 Å². The molecular weight excluding hydrogens is 443 g/mol. The number of nitrogens with zero attached hydrogens (tertiary/aromatic N) is 2. The number of amides is 1. The Kier molecular flexibility index (Phi) is 6.27. The van der Waals surface area contributed by atoms with Gasteiger partial charge < -0.3 is 5.73 Å². The van der Waals surface area contributed by atoms with Crippen LogP contribution < -0.4 is 5.73 Å². The number of benzene rings is 2. The van der Waals surface area contributed by atoms with Gasteiger partial charge in [-0.15, -0.1) is 0 Å². The molecule has 2 aromatic carbocycles. The highest BCUT2D eigenvalue weighted by molar-refractivity contribution is 6.00. The number of halogens is 3. The van der Waals surface area contributed by atoms with E-state index in [0.29, 0.717) is 5.56 Å². The van der Waals surface area contributed by atoms with Gasteiger partial charge in [0.15, 0.2) is 11.7 Å². The Hall–Kier alpha value is -3.16. The third-order valence-electron chi connectivity index (χ3n) is 6.54. The van der Waals surface area contributed by atoms with Gasteiger partial charge in [0, 0.05) is 12.0 Å². The SMILES string of the molecule is CC1(C)CC(=O)N(C(CC(F)(F)F)c2cccc(C(=O)C[C@H]3CCc4ccccc43)c2)C(N)=N1. The Bertz CT molecular complexity index is 1140. The van der Waals surface area contributed by atoms with Crippen molar-refractivity contribution in [3.63, 3.8) is 0 Å². The van der Waals surface area contributed by atoms with Crippen molar-refractivity contribution < 1.29 is 22.8 Å². The second kappa shape index (κ2) is 8.89. The smallest absolute Gasteiger partial charge is 0.369 e. The van der Waals surface area contributed by atoms with Gasteiger partial charge in [-0.3, -0.25) is 14.5 Å². The van der Waals surface area contributed by atoms with E-state index in [1.807, 2.05) is 18.2 Å². The van der Waals surface area contributed by atoms with Gasteiger partial charge in [-0.25, -0.2) is 4.99 Å². The number of alkyl halides is 3. The van der Waals surface area contributed by atoms with Crippen LogP contribution in [-0.4, -0.2) is 34.3 Å². The molecule has 1 aliphatic carbocycles. The first kappa shape index (κ1) is 24.0. The molecular formula is C26H28F3N3O2. The quantitative estimate of drug-likeness (QED) is 0.581. The molecule has 5 nitrogen and oxygen atoms in total. The molecule has 1 aliphatic heterocycles. The van der Waals surface area contributed by atoms with E-state index in [9.17, 15) is 22.8 Å². The lowest BCUT2D eigenvalue weighted by molar-refractivity contribution is -0.151. The van der Waals surface area contributed by atoms with Gasteiger partial charge in [0.05, 0.1) is 24.4 Å². The summed E-state index contributed by atoms with van der Waals surface area (Å²) in [6.45, 7) is 3.41.